The first-order valence-corrected chi connectivity index (χ1v) is 7.03. The number of rotatable bonds is 3. The molecule has 0 amide bonds. The number of hydrogen-bond donors (Lipinski definition) is 1. The van der Waals surface area contributed by atoms with Gasteiger partial charge in [0.15, 0.2) is 17.1 Å². The molecule has 0 saturated carbocycles. The molecule has 3 aromatic heterocycles. The van der Waals surface area contributed by atoms with Crippen molar-refractivity contribution in [2.75, 3.05) is 7.11 Å². The predicted octanol–water partition coefficient (Wildman–Crippen LogP) is 2.24. The Morgan fingerprint density at radius 3 is 2.73 bits per heavy atom. The van der Waals surface area contributed by atoms with Crippen LogP contribution in [0.1, 0.15) is 12.7 Å². The molecule has 0 unspecified atom stereocenters. The first-order valence-electron chi connectivity index (χ1n) is 7.03. The van der Waals surface area contributed by atoms with E-state index in [1.165, 1.54) is 0 Å². The molecule has 7 heteroatoms. The van der Waals surface area contributed by atoms with Crippen LogP contribution in [0, 0.1) is 0 Å². The monoisotopic (exact) mass is 294 g/mol. The molecule has 0 spiro atoms. The molecule has 4 aromatic rings. The Morgan fingerprint density at radius 1 is 1.18 bits per heavy atom. The van der Waals surface area contributed by atoms with E-state index in [-0.39, 0.29) is 0 Å². The SMILES string of the molecule is CCc1nc2[nH]ncc2c2nc(-c3ccc(OC)cc3)nn12. The van der Waals surface area contributed by atoms with Crippen LogP contribution in [0.4, 0.5) is 0 Å². The average molecular weight is 294 g/mol. The van der Waals surface area contributed by atoms with Crippen LogP contribution in [0.3, 0.4) is 0 Å². The topological polar surface area (TPSA) is 81.0 Å². The molecule has 0 bridgehead atoms. The Morgan fingerprint density at radius 2 is 2.00 bits per heavy atom. The Bertz CT molecular complexity index is 953. The van der Waals surface area contributed by atoms with E-state index in [2.05, 4.69) is 25.3 Å². The van der Waals surface area contributed by atoms with Crippen molar-refractivity contribution in [3.8, 4) is 17.1 Å². The van der Waals surface area contributed by atoms with E-state index in [9.17, 15) is 0 Å². The molecule has 22 heavy (non-hydrogen) atoms. The Kier molecular flexibility index (Phi) is 2.78. The van der Waals surface area contributed by atoms with Gasteiger partial charge < -0.3 is 4.74 Å². The minimum Gasteiger partial charge on any atom is -0.497 e. The highest BCUT2D eigenvalue weighted by atomic mass is 16.5. The number of hydrogen-bond acceptors (Lipinski definition) is 5. The molecular formula is C15H14N6O. The summed E-state index contributed by atoms with van der Waals surface area (Å²) in [6.45, 7) is 2.04. The smallest absolute Gasteiger partial charge is 0.182 e. The first-order chi connectivity index (χ1) is 10.8. The van der Waals surface area contributed by atoms with Gasteiger partial charge in [-0.05, 0) is 24.3 Å². The fourth-order valence-electron chi connectivity index (χ4n) is 2.46. The number of methoxy groups -OCH3 is 1. The fraction of sp³-hybridized carbons (Fsp3) is 0.200. The summed E-state index contributed by atoms with van der Waals surface area (Å²) in [7, 11) is 1.65. The Hall–Kier alpha value is -2.96. The highest BCUT2D eigenvalue weighted by molar-refractivity contribution is 5.88. The quantitative estimate of drug-likeness (QED) is 0.626. The molecule has 1 N–H and O–H groups in total. The van der Waals surface area contributed by atoms with Crippen LogP contribution >= 0.6 is 0 Å². The number of ether oxygens (including phenoxy) is 1. The highest BCUT2D eigenvalue weighted by Crippen LogP contribution is 2.23. The summed E-state index contributed by atoms with van der Waals surface area (Å²) < 4.78 is 6.97. The maximum absolute atomic E-state index is 5.18. The van der Waals surface area contributed by atoms with Gasteiger partial charge in [-0.1, -0.05) is 6.92 Å². The summed E-state index contributed by atoms with van der Waals surface area (Å²) >= 11 is 0. The summed E-state index contributed by atoms with van der Waals surface area (Å²) in [5, 5.41) is 12.4. The van der Waals surface area contributed by atoms with Crippen LogP contribution in [-0.4, -0.2) is 36.9 Å². The van der Waals surface area contributed by atoms with Gasteiger partial charge in [-0.15, -0.1) is 5.10 Å². The first kappa shape index (κ1) is 12.8. The van der Waals surface area contributed by atoms with E-state index in [0.717, 1.165) is 40.2 Å². The van der Waals surface area contributed by atoms with Gasteiger partial charge in [0.1, 0.15) is 11.6 Å². The summed E-state index contributed by atoms with van der Waals surface area (Å²) in [5.41, 5.74) is 2.43. The third kappa shape index (κ3) is 1.82. The van der Waals surface area contributed by atoms with Crippen LogP contribution < -0.4 is 4.74 Å². The zero-order valence-electron chi connectivity index (χ0n) is 12.2. The van der Waals surface area contributed by atoms with Crippen molar-refractivity contribution in [3.05, 3.63) is 36.3 Å². The zero-order chi connectivity index (χ0) is 15.1. The molecule has 0 aliphatic heterocycles. The molecule has 0 fully saturated rings. The second-order valence-corrected chi connectivity index (χ2v) is 4.91. The third-order valence-electron chi connectivity index (χ3n) is 3.62. The highest BCUT2D eigenvalue weighted by Gasteiger charge is 2.14. The normalized spacial score (nSPS) is 11.4. The van der Waals surface area contributed by atoms with Crippen LogP contribution in [0.15, 0.2) is 30.5 Å². The molecular weight excluding hydrogens is 280 g/mol. The molecule has 0 atom stereocenters. The zero-order valence-corrected chi connectivity index (χ0v) is 12.2. The van der Waals surface area contributed by atoms with Gasteiger partial charge in [-0.2, -0.15) is 9.61 Å². The molecule has 7 nitrogen and oxygen atoms in total. The van der Waals surface area contributed by atoms with Crippen molar-refractivity contribution in [2.24, 2.45) is 0 Å². The number of nitrogens with one attached hydrogen (secondary N) is 1. The maximum atomic E-state index is 5.18. The second kappa shape index (κ2) is 4.80. The van der Waals surface area contributed by atoms with E-state index < -0.39 is 0 Å². The molecule has 0 saturated heterocycles. The van der Waals surface area contributed by atoms with Gasteiger partial charge in [-0.25, -0.2) is 9.97 Å². The molecule has 0 aliphatic carbocycles. The van der Waals surface area contributed by atoms with Crippen LogP contribution in [-0.2, 0) is 6.42 Å². The van der Waals surface area contributed by atoms with Crippen molar-refractivity contribution in [3.63, 3.8) is 0 Å². The molecule has 4 rings (SSSR count). The van der Waals surface area contributed by atoms with E-state index in [4.69, 9.17) is 4.74 Å². The lowest BCUT2D eigenvalue weighted by molar-refractivity contribution is 0.415. The number of aromatic amines is 1. The molecule has 0 aliphatic rings. The fourth-order valence-corrected chi connectivity index (χ4v) is 2.46. The Labute approximate surface area is 126 Å². The van der Waals surface area contributed by atoms with Crippen LogP contribution in [0.5, 0.6) is 5.75 Å². The lowest BCUT2D eigenvalue weighted by Crippen LogP contribution is -2.01. The van der Waals surface area contributed by atoms with E-state index in [1.807, 2.05) is 31.2 Å². The van der Waals surface area contributed by atoms with Crippen molar-refractivity contribution in [1.82, 2.24) is 29.8 Å². The van der Waals surface area contributed by atoms with E-state index in [0.29, 0.717) is 5.82 Å². The predicted molar refractivity (Wildman–Crippen MR) is 81.8 cm³/mol. The number of fused-ring (bicyclic) bond motifs is 3. The van der Waals surface area contributed by atoms with E-state index >= 15 is 0 Å². The number of aromatic nitrogens is 6. The van der Waals surface area contributed by atoms with Crippen molar-refractivity contribution in [2.45, 2.75) is 13.3 Å². The minimum atomic E-state index is 0.660. The van der Waals surface area contributed by atoms with Gasteiger partial charge in [0.05, 0.1) is 18.7 Å². The van der Waals surface area contributed by atoms with Gasteiger partial charge in [0, 0.05) is 12.0 Å². The lowest BCUT2D eigenvalue weighted by Gasteiger charge is -2.00. The van der Waals surface area contributed by atoms with Crippen molar-refractivity contribution >= 4 is 16.7 Å². The number of aryl methyl sites for hydroxylation is 1. The van der Waals surface area contributed by atoms with Crippen molar-refractivity contribution < 1.29 is 4.74 Å². The largest absolute Gasteiger partial charge is 0.497 e. The van der Waals surface area contributed by atoms with Crippen molar-refractivity contribution in [1.29, 1.82) is 0 Å². The molecule has 0 radical (unpaired) electrons. The van der Waals surface area contributed by atoms with Gasteiger partial charge in [0.25, 0.3) is 0 Å². The third-order valence-corrected chi connectivity index (χ3v) is 3.62. The lowest BCUT2D eigenvalue weighted by atomic mass is 10.2. The Balaban J connectivity index is 1.95. The molecule has 1 aromatic carbocycles. The summed E-state index contributed by atoms with van der Waals surface area (Å²) in [4.78, 5) is 9.20. The number of benzene rings is 1. The molecule has 3 heterocycles. The summed E-state index contributed by atoms with van der Waals surface area (Å²) in [5.74, 6) is 2.31. The maximum Gasteiger partial charge on any atom is 0.182 e. The number of H-pyrrole nitrogens is 1. The number of nitrogens with zero attached hydrogens (tertiary/aromatic N) is 5. The second-order valence-electron chi connectivity index (χ2n) is 4.91. The van der Waals surface area contributed by atoms with Crippen LogP contribution in [0.25, 0.3) is 28.1 Å². The van der Waals surface area contributed by atoms with Gasteiger partial charge in [-0.3, -0.25) is 5.10 Å². The van der Waals surface area contributed by atoms with Crippen LogP contribution in [0.2, 0.25) is 0 Å². The van der Waals surface area contributed by atoms with Gasteiger partial charge in [0.2, 0.25) is 0 Å². The standard InChI is InChI=1S/C15H14N6O/c1-3-12-17-14-11(8-16-19-14)15-18-13(20-21(12)15)9-4-6-10(22-2)7-5-9/h4-8H,3H2,1-2H3,(H,16,19). The van der Waals surface area contributed by atoms with Gasteiger partial charge >= 0.3 is 0 Å². The minimum absolute atomic E-state index is 0.660. The van der Waals surface area contributed by atoms with E-state index in [1.54, 1.807) is 17.8 Å². The molecule has 110 valence electrons. The summed E-state index contributed by atoms with van der Waals surface area (Å²) in [6.07, 6.45) is 2.49. The summed E-state index contributed by atoms with van der Waals surface area (Å²) in [6, 6.07) is 7.68. The average Bonchev–Trinajstić information content (AvgIpc) is 3.20.